The molecule has 0 saturated carbocycles. The number of hydrogen-bond acceptors (Lipinski definition) is 3. The monoisotopic (exact) mass is 368 g/mol. The van der Waals surface area contributed by atoms with Gasteiger partial charge >= 0.3 is 5.97 Å². The number of esters is 1. The molecule has 0 radical (unpaired) electrons. The van der Waals surface area contributed by atoms with Crippen LogP contribution in [0, 0.1) is 0 Å². The molecule has 3 nitrogen and oxygen atoms in total. The molecule has 0 saturated heterocycles. The quantitative estimate of drug-likeness (QED) is 0.722. The lowest BCUT2D eigenvalue weighted by Gasteiger charge is -2.08. The van der Waals surface area contributed by atoms with Crippen LogP contribution in [-0.4, -0.2) is 13.1 Å². The summed E-state index contributed by atoms with van der Waals surface area (Å²) in [5.41, 5.74) is 2.48. The molecule has 0 amide bonds. The van der Waals surface area contributed by atoms with E-state index in [1.165, 1.54) is 7.11 Å². The molecule has 0 aliphatic rings. The van der Waals surface area contributed by atoms with E-state index in [4.69, 9.17) is 16.3 Å². The molecular formula is C16H14BrClO3. The molecule has 0 aliphatic carbocycles. The SMILES string of the molecule is COC(=O)c1ccc(COCc2cccc(Cl)c2)c(Br)c1. The minimum atomic E-state index is -0.359. The zero-order chi connectivity index (χ0) is 15.2. The maximum absolute atomic E-state index is 11.4. The molecule has 0 aliphatic heterocycles. The second-order valence-corrected chi connectivity index (χ2v) is 5.71. The molecular weight excluding hydrogens is 356 g/mol. The average Bonchev–Trinajstić information content (AvgIpc) is 2.48. The number of hydrogen-bond donors (Lipinski definition) is 0. The number of rotatable bonds is 5. The molecule has 0 unspecified atom stereocenters. The summed E-state index contributed by atoms with van der Waals surface area (Å²) in [7, 11) is 1.36. The van der Waals surface area contributed by atoms with Crippen molar-refractivity contribution in [3.63, 3.8) is 0 Å². The van der Waals surface area contributed by atoms with Crippen LogP contribution < -0.4 is 0 Å². The van der Waals surface area contributed by atoms with Gasteiger partial charge in [0.1, 0.15) is 0 Å². The van der Waals surface area contributed by atoms with Crippen LogP contribution in [0.5, 0.6) is 0 Å². The van der Waals surface area contributed by atoms with Crippen LogP contribution >= 0.6 is 27.5 Å². The van der Waals surface area contributed by atoms with Crippen LogP contribution in [0.4, 0.5) is 0 Å². The van der Waals surface area contributed by atoms with Crippen molar-refractivity contribution in [2.24, 2.45) is 0 Å². The number of ether oxygens (including phenoxy) is 2. The van der Waals surface area contributed by atoms with Crippen molar-refractivity contribution in [1.29, 1.82) is 0 Å². The van der Waals surface area contributed by atoms with Crippen LogP contribution in [0.15, 0.2) is 46.9 Å². The molecule has 0 atom stereocenters. The maximum atomic E-state index is 11.4. The summed E-state index contributed by atoms with van der Waals surface area (Å²) in [5, 5.41) is 0.694. The summed E-state index contributed by atoms with van der Waals surface area (Å²) in [6.45, 7) is 0.917. The number of methoxy groups -OCH3 is 1. The van der Waals surface area contributed by atoms with Gasteiger partial charge in [0, 0.05) is 9.50 Å². The predicted molar refractivity (Wildman–Crippen MR) is 85.4 cm³/mol. The van der Waals surface area contributed by atoms with Crippen molar-refractivity contribution in [3.8, 4) is 0 Å². The first-order valence-electron chi connectivity index (χ1n) is 6.29. The molecule has 0 N–H and O–H groups in total. The Bertz CT molecular complexity index is 643. The van der Waals surface area contributed by atoms with E-state index in [0.29, 0.717) is 23.8 Å². The Morgan fingerprint density at radius 1 is 1.19 bits per heavy atom. The Morgan fingerprint density at radius 3 is 2.67 bits per heavy atom. The Balaban J connectivity index is 1.96. The smallest absolute Gasteiger partial charge is 0.337 e. The van der Waals surface area contributed by atoms with Crippen LogP contribution in [0.2, 0.25) is 5.02 Å². The fraction of sp³-hybridized carbons (Fsp3) is 0.188. The Kier molecular flexibility index (Phi) is 5.79. The summed E-state index contributed by atoms with van der Waals surface area (Å²) in [4.78, 5) is 11.4. The first-order chi connectivity index (χ1) is 10.1. The molecule has 21 heavy (non-hydrogen) atoms. The van der Waals surface area contributed by atoms with Gasteiger partial charge in [0.05, 0.1) is 25.9 Å². The van der Waals surface area contributed by atoms with Crippen molar-refractivity contribution in [2.75, 3.05) is 7.11 Å². The molecule has 110 valence electrons. The fourth-order valence-electron chi connectivity index (χ4n) is 1.81. The van der Waals surface area contributed by atoms with Gasteiger partial charge in [-0.3, -0.25) is 0 Å². The number of carbonyl (C=O) groups excluding carboxylic acids is 1. The lowest BCUT2D eigenvalue weighted by atomic mass is 10.1. The Hall–Kier alpha value is -1.36. The second kappa shape index (κ2) is 7.59. The zero-order valence-corrected chi connectivity index (χ0v) is 13.8. The minimum Gasteiger partial charge on any atom is -0.465 e. The third kappa shape index (κ3) is 4.56. The number of carbonyl (C=O) groups is 1. The average molecular weight is 370 g/mol. The van der Waals surface area contributed by atoms with Gasteiger partial charge in [-0.15, -0.1) is 0 Å². The topological polar surface area (TPSA) is 35.5 Å². The maximum Gasteiger partial charge on any atom is 0.337 e. The number of halogens is 2. The molecule has 2 aromatic carbocycles. The Labute approximate surface area is 137 Å². The van der Waals surface area contributed by atoms with Gasteiger partial charge in [-0.05, 0) is 35.4 Å². The van der Waals surface area contributed by atoms with Crippen molar-refractivity contribution in [3.05, 3.63) is 68.7 Å². The molecule has 0 fully saturated rings. The molecule has 0 aromatic heterocycles. The van der Waals surface area contributed by atoms with Gasteiger partial charge in [0.2, 0.25) is 0 Å². The number of benzene rings is 2. The first kappa shape index (κ1) is 16.0. The molecule has 5 heteroatoms. The highest BCUT2D eigenvalue weighted by atomic mass is 79.9. The van der Waals surface area contributed by atoms with Gasteiger partial charge in [-0.1, -0.05) is 45.7 Å². The van der Waals surface area contributed by atoms with Crippen LogP contribution in [-0.2, 0) is 22.7 Å². The van der Waals surface area contributed by atoms with E-state index in [0.717, 1.165) is 15.6 Å². The van der Waals surface area contributed by atoms with Gasteiger partial charge in [0.15, 0.2) is 0 Å². The van der Waals surface area contributed by atoms with Gasteiger partial charge in [0.25, 0.3) is 0 Å². The third-order valence-electron chi connectivity index (χ3n) is 2.89. The Morgan fingerprint density at radius 2 is 2.00 bits per heavy atom. The van der Waals surface area contributed by atoms with Crippen molar-refractivity contribution in [2.45, 2.75) is 13.2 Å². The van der Waals surface area contributed by atoms with Crippen LogP contribution in [0.3, 0.4) is 0 Å². The van der Waals surface area contributed by atoms with Crippen molar-refractivity contribution in [1.82, 2.24) is 0 Å². The molecule has 0 spiro atoms. The zero-order valence-electron chi connectivity index (χ0n) is 11.4. The van der Waals surface area contributed by atoms with Crippen LogP contribution in [0.1, 0.15) is 21.5 Å². The van der Waals surface area contributed by atoms with Crippen molar-refractivity contribution < 1.29 is 14.3 Å². The van der Waals surface area contributed by atoms with Gasteiger partial charge < -0.3 is 9.47 Å². The highest BCUT2D eigenvalue weighted by Crippen LogP contribution is 2.21. The lowest BCUT2D eigenvalue weighted by Crippen LogP contribution is -2.02. The summed E-state index contributed by atoms with van der Waals surface area (Å²) in [5.74, 6) is -0.359. The third-order valence-corrected chi connectivity index (χ3v) is 3.86. The van der Waals surface area contributed by atoms with E-state index in [9.17, 15) is 4.79 Å². The first-order valence-corrected chi connectivity index (χ1v) is 7.46. The second-order valence-electron chi connectivity index (χ2n) is 4.42. The highest BCUT2D eigenvalue weighted by molar-refractivity contribution is 9.10. The summed E-state index contributed by atoms with van der Waals surface area (Å²) in [6, 6.07) is 12.8. The van der Waals surface area contributed by atoms with E-state index in [-0.39, 0.29) is 5.97 Å². The normalized spacial score (nSPS) is 10.4. The van der Waals surface area contributed by atoms with E-state index < -0.39 is 0 Å². The fourth-order valence-corrected chi connectivity index (χ4v) is 2.52. The van der Waals surface area contributed by atoms with E-state index in [2.05, 4.69) is 20.7 Å². The summed E-state index contributed by atoms with van der Waals surface area (Å²) in [6.07, 6.45) is 0. The van der Waals surface area contributed by atoms with E-state index in [1.807, 2.05) is 30.3 Å². The van der Waals surface area contributed by atoms with E-state index in [1.54, 1.807) is 12.1 Å². The van der Waals surface area contributed by atoms with E-state index >= 15 is 0 Å². The molecule has 2 rings (SSSR count). The lowest BCUT2D eigenvalue weighted by molar-refractivity contribution is 0.0600. The minimum absolute atomic E-state index is 0.359. The molecule has 0 heterocycles. The van der Waals surface area contributed by atoms with Crippen molar-refractivity contribution >= 4 is 33.5 Å². The van der Waals surface area contributed by atoms with Gasteiger partial charge in [-0.2, -0.15) is 0 Å². The highest BCUT2D eigenvalue weighted by Gasteiger charge is 2.08. The standard InChI is InChI=1S/C16H14BrClO3/c1-20-16(19)12-5-6-13(15(17)8-12)10-21-9-11-3-2-4-14(18)7-11/h2-8H,9-10H2,1H3. The molecule has 0 bridgehead atoms. The summed E-state index contributed by atoms with van der Waals surface area (Å²) < 4.78 is 11.2. The summed E-state index contributed by atoms with van der Waals surface area (Å²) >= 11 is 9.35. The predicted octanol–water partition coefficient (Wildman–Crippen LogP) is 4.61. The van der Waals surface area contributed by atoms with Gasteiger partial charge in [-0.25, -0.2) is 4.79 Å². The molecule has 2 aromatic rings. The largest absolute Gasteiger partial charge is 0.465 e. The van der Waals surface area contributed by atoms with Crippen LogP contribution in [0.25, 0.3) is 0 Å².